The van der Waals surface area contributed by atoms with E-state index in [9.17, 15) is 14.7 Å². The summed E-state index contributed by atoms with van der Waals surface area (Å²) in [6.45, 7) is 0. The molecule has 1 N–H and O–H groups in total. The van der Waals surface area contributed by atoms with Gasteiger partial charge in [-0.3, -0.25) is 14.5 Å². The average Bonchev–Trinajstić information content (AvgIpc) is 2.80. The Morgan fingerprint density at radius 3 is 2.54 bits per heavy atom. The van der Waals surface area contributed by atoms with E-state index in [1.54, 1.807) is 24.3 Å². The summed E-state index contributed by atoms with van der Waals surface area (Å²) in [6, 6.07) is 12.1. The van der Waals surface area contributed by atoms with Crippen LogP contribution < -0.4 is 4.74 Å². The minimum atomic E-state index is -0.351. The molecule has 1 fully saturated rings. The highest BCUT2D eigenvalue weighted by Gasteiger charge is 2.32. The number of amides is 2. The maximum absolute atomic E-state index is 12.0. The van der Waals surface area contributed by atoms with Gasteiger partial charge in [0.05, 0.1) is 4.91 Å². The molecule has 5 nitrogen and oxygen atoms in total. The van der Waals surface area contributed by atoms with Crippen molar-refractivity contribution in [2.24, 2.45) is 0 Å². The van der Waals surface area contributed by atoms with Gasteiger partial charge in [-0.1, -0.05) is 34.1 Å². The molecule has 2 aromatic carbocycles. The Morgan fingerprint density at radius 1 is 1.21 bits per heavy atom. The second kappa shape index (κ2) is 6.70. The zero-order valence-corrected chi connectivity index (χ0v) is 14.9. The summed E-state index contributed by atoms with van der Waals surface area (Å²) >= 11 is 4.22. The van der Waals surface area contributed by atoms with Crippen molar-refractivity contribution in [3.63, 3.8) is 0 Å². The van der Waals surface area contributed by atoms with Crippen LogP contribution in [0.2, 0.25) is 0 Å². The van der Waals surface area contributed by atoms with Crippen LogP contribution >= 0.6 is 27.7 Å². The molecule has 1 aliphatic rings. The van der Waals surface area contributed by atoms with E-state index in [0.29, 0.717) is 20.7 Å². The van der Waals surface area contributed by atoms with E-state index >= 15 is 0 Å². The van der Waals surface area contributed by atoms with Crippen LogP contribution in [0.1, 0.15) is 5.56 Å². The minimum Gasteiger partial charge on any atom is -0.504 e. The first-order valence-electron chi connectivity index (χ1n) is 6.92. The van der Waals surface area contributed by atoms with Crippen molar-refractivity contribution in [1.82, 2.24) is 4.90 Å². The van der Waals surface area contributed by atoms with Crippen LogP contribution in [-0.4, -0.2) is 28.2 Å². The maximum Gasteiger partial charge on any atom is 0.293 e. The Morgan fingerprint density at radius 2 is 1.92 bits per heavy atom. The quantitative estimate of drug-likeness (QED) is 0.754. The number of aromatic hydroxyl groups is 1. The first-order chi connectivity index (χ1) is 11.5. The van der Waals surface area contributed by atoms with Crippen LogP contribution in [-0.2, 0) is 4.79 Å². The molecule has 3 rings (SSSR count). The Bertz CT molecular complexity index is 851. The van der Waals surface area contributed by atoms with Gasteiger partial charge in [0.15, 0.2) is 11.5 Å². The number of hydrogen-bond acceptors (Lipinski definition) is 5. The van der Waals surface area contributed by atoms with Gasteiger partial charge in [-0.2, -0.15) is 0 Å². The van der Waals surface area contributed by atoms with E-state index in [1.165, 1.54) is 13.1 Å². The summed E-state index contributed by atoms with van der Waals surface area (Å²) < 4.78 is 6.26. The molecule has 2 amide bonds. The molecule has 0 unspecified atom stereocenters. The number of thioether (sulfide) groups is 1. The van der Waals surface area contributed by atoms with Crippen molar-refractivity contribution in [2.75, 3.05) is 7.05 Å². The molecule has 0 aromatic heterocycles. The van der Waals surface area contributed by atoms with Crippen molar-refractivity contribution in [3.05, 3.63) is 57.4 Å². The number of phenols is 1. The highest BCUT2D eigenvalue weighted by atomic mass is 79.9. The molecule has 1 heterocycles. The van der Waals surface area contributed by atoms with Gasteiger partial charge in [0, 0.05) is 11.5 Å². The monoisotopic (exact) mass is 405 g/mol. The fourth-order valence-corrected chi connectivity index (χ4v) is 3.32. The SMILES string of the molecule is CN1C(=O)S/C(=C\c2cc(Oc3ccccc3)c(O)cc2Br)C1=O. The summed E-state index contributed by atoms with van der Waals surface area (Å²) in [5.41, 5.74) is 0.623. The first kappa shape index (κ1) is 16.6. The van der Waals surface area contributed by atoms with Gasteiger partial charge in [0.1, 0.15) is 5.75 Å². The van der Waals surface area contributed by atoms with Crippen LogP contribution in [0.4, 0.5) is 4.79 Å². The third-order valence-corrected chi connectivity index (χ3v) is 4.97. The highest BCUT2D eigenvalue weighted by molar-refractivity contribution is 9.10. The molecule has 0 atom stereocenters. The number of nitrogens with zero attached hydrogens (tertiary/aromatic N) is 1. The number of hydrogen-bond donors (Lipinski definition) is 1. The zero-order chi connectivity index (χ0) is 17.3. The van der Waals surface area contributed by atoms with Crippen LogP contribution in [0.5, 0.6) is 17.2 Å². The molecule has 0 radical (unpaired) electrons. The normalized spacial score (nSPS) is 16.1. The lowest BCUT2D eigenvalue weighted by Gasteiger charge is -2.10. The van der Waals surface area contributed by atoms with Gasteiger partial charge in [-0.25, -0.2) is 0 Å². The summed E-state index contributed by atoms with van der Waals surface area (Å²) in [4.78, 5) is 25.0. The predicted molar refractivity (Wildman–Crippen MR) is 96.1 cm³/mol. The van der Waals surface area contributed by atoms with Gasteiger partial charge in [0.2, 0.25) is 0 Å². The highest BCUT2D eigenvalue weighted by Crippen LogP contribution is 2.38. The topological polar surface area (TPSA) is 66.8 Å². The standard InChI is InChI=1S/C17H12BrNO4S/c1-19-16(21)15(24-17(19)22)8-10-7-14(13(20)9-12(10)18)23-11-5-3-2-4-6-11/h2-9,20H,1H3/b15-8-. The third-order valence-electron chi connectivity index (χ3n) is 3.32. The molecule has 7 heteroatoms. The number of phenolic OH excluding ortho intramolecular Hbond substituents is 1. The second-order valence-corrected chi connectivity index (χ2v) is 6.84. The lowest BCUT2D eigenvalue weighted by atomic mass is 10.2. The predicted octanol–water partition coefficient (Wildman–Crippen LogP) is 4.61. The first-order valence-corrected chi connectivity index (χ1v) is 8.53. The van der Waals surface area contributed by atoms with E-state index in [-0.39, 0.29) is 22.6 Å². The molecule has 0 spiro atoms. The number of ether oxygens (including phenoxy) is 1. The number of imide groups is 1. The Kier molecular flexibility index (Phi) is 4.64. The third kappa shape index (κ3) is 3.32. The molecule has 0 saturated carbocycles. The van der Waals surface area contributed by atoms with Crippen LogP contribution in [0, 0.1) is 0 Å². The van der Waals surface area contributed by atoms with Gasteiger partial charge >= 0.3 is 0 Å². The van der Waals surface area contributed by atoms with Gasteiger partial charge in [-0.05, 0) is 47.7 Å². The summed E-state index contributed by atoms with van der Waals surface area (Å²) in [7, 11) is 1.44. The van der Waals surface area contributed by atoms with Crippen LogP contribution in [0.3, 0.4) is 0 Å². The number of para-hydroxylation sites is 1. The Labute approximate surface area is 151 Å². The average molecular weight is 406 g/mol. The van der Waals surface area contributed by atoms with Crippen LogP contribution in [0.15, 0.2) is 51.8 Å². The molecule has 122 valence electrons. The van der Waals surface area contributed by atoms with E-state index in [4.69, 9.17) is 4.74 Å². The molecule has 0 bridgehead atoms. The number of halogens is 1. The van der Waals surface area contributed by atoms with Gasteiger partial charge < -0.3 is 9.84 Å². The van der Waals surface area contributed by atoms with Crippen molar-refractivity contribution in [3.8, 4) is 17.2 Å². The summed E-state index contributed by atoms with van der Waals surface area (Å²) in [6.07, 6.45) is 1.59. The van der Waals surface area contributed by atoms with Crippen molar-refractivity contribution >= 4 is 44.9 Å². The lowest BCUT2D eigenvalue weighted by molar-refractivity contribution is -0.121. The number of carbonyl (C=O) groups is 2. The summed E-state index contributed by atoms with van der Waals surface area (Å²) in [5, 5.41) is 9.75. The molecule has 24 heavy (non-hydrogen) atoms. The Balaban J connectivity index is 1.96. The number of benzene rings is 2. The van der Waals surface area contributed by atoms with Gasteiger partial charge in [-0.15, -0.1) is 0 Å². The zero-order valence-electron chi connectivity index (χ0n) is 12.5. The molecule has 1 aliphatic heterocycles. The number of likely N-dealkylation sites (N-methyl/N-ethyl adjacent to an activating group) is 1. The minimum absolute atomic E-state index is 0.0357. The lowest BCUT2D eigenvalue weighted by Crippen LogP contribution is -2.22. The van der Waals surface area contributed by atoms with E-state index in [0.717, 1.165) is 16.7 Å². The Hall–Kier alpha value is -2.25. The molecular formula is C17H12BrNO4S. The maximum atomic E-state index is 12.0. The van der Waals surface area contributed by atoms with E-state index < -0.39 is 0 Å². The van der Waals surface area contributed by atoms with E-state index in [1.807, 2.05) is 18.2 Å². The van der Waals surface area contributed by atoms with E-state index in [2.05, 4.69) is 15.9 Å². The van der Waals surface area contributed by atoms with Crippen molar-refractivity contribution < 1.29 is 19.4 Å². The summed E-state index contributed by atoms with van der Waals surface area (Å²) in [5.74, 6) is 0.448. The molecular weight excluding hydrogens is 394 g/mol. The number of rotatable bonds is 3. The van der Waals surface area contributed by atoms with Crippen molar-refractivity contribution in [2.45, 2.75) is 0 Å². The number of carbonyl (C=O) groups excluding carboxylic acids is 2. The fraction of sp³-hybridized carbons (Fsp3) is 0.0588. The molecule has 0 aliphatic carbocycles. The van der Waals surface area contributed by atoms with Crippen LogP contribution in [0.25, 0.3) is 6.08 Å². The molecule has 1 saturated heterocycles. The largest absolute Gasteiger partial charge is 0.504 e. The molecule has 2 aromatic rings. The second-order valence-electron chi connectivity index (χ2n) is 5.00. The fourth-order valence-electron chi connectivity index (χ4n) is 2.05. The smallest absolute Gasteiger partial charge is 0.293 e. The van der Waals surface area contributed by atoms with Gasteiger partial charge in [0.25, 0.3) is 11.1 Å². The van der Waals surface area contributed by atoms with Crippen molar-refractivity contribution in [1.29, 1.82) is 0 Å².